The van der Waals surface area contributed by atoms with Crippen molar-refractivity contribution in [3.8, 4) is 0 Å². The molecule has 2 saturated heterocycles. The van der Waals surface area contributed by atoms with Crippen LogP contribution in [0, 0.1) is 0 Å². The van der Waals surface area contributed by atoms with Crippen LogP contribution in [0.3, 0.4) is 0 Å². The van der Waals surface area contributed by atoms with Crippen LogP contribution in [-0.4, -0.2) is 83.9 Å². The normalized spacial score (nSPS) is 19.0. The van der Waals surface area contributed by atoms with E-state index in [1.807, 2.05) is 17.3 Å². The van der Waals surface area contributed by atoms with Crippen LogP contribution in [-0.2, 0) is 27.2 Å². The zero-order valence-electron chi connectivity index (χ0n) is 18.1. The van der Waals surface area contributed by atoms with E-state index in [-0.39, 0.29) is 5.91 Å². The third kappa shape index (κ3) is 7.08. The molecule has 1 aromatic rings. The second-order valence-electron chi connectivity index (χ2n) is 8.12. The molecule has 3 heterocycles. The number of hydrogen-bond acceptors (Lipinski definition) is 5. The first-order valence-electron chi connectivity index (χ1n) is 11.4. The average molecular weight is 407 g/mol. The predicted octanol–water partition coefficient (Wildman–Crippen LogP) is 2.35. The number of hydrogen-bond donors (Lipinski definition) is 0. The van der Waals surface area contributed by atoms with Crippen molar-refractivity contribution in [2.24, 2.45) is 0 Å². The second-order valence-corrected chi connectivity index (χ2v) is 8.12. The number of aryl methyl sites for hydroxylation is 1. The number of ether oxygens (including phenoxy) is 2. The highest BCUT2D eigenvalue weighted by Crippen LogP contribution is 2.18. The van der Waals surface area contributed by atoms with E-state index in [2.05, 4.69) is 21.4 Å². The number of rotatable bonds is 11. The molecule has 0 aliphatic carbocycles. The summed E-state index contributed by atoms with van der Waals surface area (Å²) in [6.07, 6.45) is 10.8. The van der Waals surface area contributed by atoms with Gasteiger partial charge < -0.3 is 18.9 Å². The van der Waals surface area contributed by atoms with Gasteiger partial charge in [0.15, 0.2) is 0 Å². The van der Waals surface area contributed by atoms with Gasteiger partial charge in [0.2, 0.25) is 5.91 Å². The maximum Gasteiger partial charge on any atom is 0.223 e. The fourth-order valence-electron chi connectivity index (χ4n) is 4.29. The van der Waals surface area contributed by atoms with Gasteiger partial charge in [0, 0.05) is 70.6 Å². The third-order valence-electron chi connectivity index (χ3n) is 6.11. The summed E-state index contributed by atoms with van der Waals surface area (Å²) in [6, 6.07) is 0.610. The van der Waals surface area contributed by atoms with Crippen molar-refractivity contribution in [2.75, 3.05) is 52.6 Å². The molecule has 2 fully saturated rings. The predicted molar refractivity (Wildman–Crippen MR) is 113 cm³/mol. The van der Waals surface area contributed by atoms with Gasteiger partial charge in [-0.3, -0.25) is 9.69 Å². The van der Waals surface area contributed by atoms with E-state index in [1.54, 1.807) is 0 Å². The van der Waals surface area contributed by atoms with Crippen molar-refractivity contribution in [3.63, 3.8) is 0 Å². The summed E-state index contributed by atoms with van der Waals surface area (Å²) >= 11 is 0. The van der Waals surface area contributed by atoms with Gasteiger partial charge in [0.1, 0.15) is 5.82 Å². The molecule has 0 unspecified atom stereocenters. The number of aromatic nitrogens is 2. The van der Waals surface area contributed by atoms with Crippen molar-refractivity contribution in [3.05, 3.63) is 18.2 Å². The number of unbranched alkanes of at least 4 members (excludes halogenated alkanes) is 2. The van der Waals surface area contributed by atoms with Crippen LogP contribution in [0.2, 0.25) is 0 Å². The number of carbonyl (C=O) groups excluding carboxylic acids is 1. The van der Waals surface area contributed by atoms with Crippen molar-refractivity contribution in [2.45, 2.75) is 64.5 Å². The molecule has 0 N–H and O–H groups in total. The number of piperidine rings is 1. The lowest BCUT2D eigenvalue weighted by Gasteiger charge is -2.40. The lowest BCUT2D eigenvalue weighted by Crippen LogP contribution is -2.50. The van der Waals surface area contributed by atoms with Gasteiger partial charge in [-0.15, -0.1) is 0 Å². The fraction of sp³-hybridized carbons (Fsp3) is 0.818. The Morgan fingerprint density at radius 3 is 2.72 bits per heavy atom. The minimum absolute atomic E-state index is 0.260. The molecule has 2 aliphatic heterocycles. The molecule has 0 aromatic carbocycles. The number of morpholine rings is 1. The molecular formula is C22H38N4O3. The highest BCUT2D eigenvalue weighted by molar-refractivity contribution is 5.76. The SMILES string of the molecule is CCCCCOCCn1ccnc1CCC(=O)N1CCC(N2CCOCC2)CC1. The van der Waals surface area contributed by atoms with Gasteiger partial charge in [-0.1, -0.05) is 19.8 Å². The summed E-state index contributed by atoms with van der Waals surface area (Å²) in [5.74, 6) is 1.24. The van der Waals surface area contributed by atoms with Crippen LogP contribution >= 0.6 is 0 Å². The summed E-state index contributed by atoms with van der Waals surface area (Å²) < 4.78 is 13.3. The van der Waals surface area contributed by atoms with Crippen molar-refractivity contribution in [1.82, 2.24) is 19.4 Å². The smallest absolute Gasteiger partial charge is 0.223 e. The molecule has 2 aliphatic rings. The van der Waals surface area contributed by atoms with Gasteiger partial charge in [-0.05, 0) is 19.3 Å². The first-order valence-corrected chi connectivity index (χ1v) is 11.4. The largest absolute Gasteiger partial charge is 0.380 e. The lowest BCUT2D eigenvalue weighted by atomic mass is 10.0. The van der Waals surface area contributed by atoms with Crippen molar-refractivity contribution >= 4 is 5.91 Å². The topological polar surface area (TPSA) is 59.8 Å². The Bertz CT molecular complexity index is 593. The van der Waals surface area contributed by atoms with Crippen molar-refractivity contribution < 1.29 is 14.3 Å². The molecule has 1 aromatic heterocycles. The second kappa shape index (κ2) is 12.3. The number of nitrogens with zero attached hydrogens (tertiary/aromatic N) is 4. The summed E-state index contributed by atoms with van der Waals surface area (Å²) in [5, 5.41) is 0. The number of likely N-dealkylation sites (tertiary alicyclic amines) is 1. The molecule has 7 heteroatoms. The molecule has 0 spiro atoms. The van der Waals surface area contributed by atoms with E-state index < -0.39 is 0 Å². The molecule has 0 bridgehead atoms. The molecular weight excluding hydrogens is 368 g/mol. The lowest BCUT2D eigenvalue weighted by molar-refractivity contribution is -0.133. The summed E-state index contributed by atoms with van der Waals surface area (Å²) in [7, 11) is 0. The first-order chi connectivity index (χ1) is 14.3. The van der Waals surface area contributed by atoms with Crippen LogP contribution in [0.1, 0.15) is 51.3 Å². The van der Waals surface area contributed by atoms with E-state index in [9.17, 15) is 4.79 Å². The molecule has 7 nitrogen and oxygen atoms in total. The maximum atomic E-state index is 12.7. The minimum atomic E-state index is 0.260. The van der Waals surface area contributed by atoms with E-state index >= 15 is 0 Å². The molecule has 3 rings (SSSR count). The van der Waals surface area contributed by atoms with E-state index in [1.165, 1.54) is 12.8 Å². The van der Waals surface area contributed by atoms with Gasteiger partial charge in [-0.2, -0.15) is 0 Å². The van der Waals surface area contributed by atoms with Gasteiger partial charge >= 0.3 is 0 Å². The van der Waals surface area contributed by atoms with Crippen LogP contribution in [0.4, 0.5) is 0 Å². The standard InChI is InChI=1S/C22H38N4O3/c1-2-3-4-16-28-19-15-25-12-9-23-21(25)5-6-22(27)26-10-7-20(8-11-26)24-13-17-29-18-14-24/h9,12,20H,2-8,10-11,13-19H2,1H3. The summed E-state index contributed by atoms with van der Waals surface area (Å²) in [6.45, 7) is 10.0. The Labute approximate surface area is 175 Å². The van der Waals surface area contributed by atoms with Gasteiger partial charge in [-0.25, -0.2) is 4.98 Å². The zero-order chi connectivity index (χ0) is 20.3. The highest BCUT2D eigenvalue weighted by Gasteiger charge is 2.27. The van der Waals surface area contributed by atoms with Gasteiger partial charge in [0.25, 0.3) is 0 Å². The molecule has 164 valence electrons. The molecule has 0 saturated carbocycles. The first kappa shape index (κ1) is 22.2. The van der Waals surface area contributed by atoms with Gasteiger partial charge in [0.05, 0.1) is 19.8 Å². The summed E-state index contributed by atoms with van der Waals surface area (Å²) in [5.41, 5.74) is 0. The molecule has 29 heavy (non-hydrogen) atoms. The van der Waals surface area contributed by atoms with E-state index in [0.29, 0.717) is 25.5 Å². The molecule has 0 atom stereocenters. The van der Waals surface area contributed by atoms with Crippen LogP contribution in [0.15, 0.2) is 12.4 Å². The van der Waals surface area contributed by atoms with Crippen molar-refractivity contribution in [1.29, 1.82) is 0 Å². The Morgan fingerprint density at radius 1 is 1.17 bits per heavy atom. The Hall–Kier alpha value is -1.44. The Morgan fingerprint density at radius 2 is 1.97 bits per heavy atom. The van der Waals surface area contributed by atoms with Crippen LogP contribution < -0.4 is 0 Å². The molecule has 0 radical (unpaired) electrons. The number of carbonyl (C=O) groups is 1. The number of amides is 1. The Balaban J connectivity index is 1.34. The Kier molecular flexibility index (Phi) is 9.44. The average Bonchev–Trinajstić information content (AvgIpc) is 3.22. The quantitative estimate of drug-likeness (QED) is 0.528. The van der Waals surface area contributed by atoms with Crippen LogP contribution in [0.25, 0.3) is 0 Å². The van der Waals surface area contributed by atoms with E-state index in [0.717, 1.165) is 77.6 Å². The monoisotopic (exact) mass is 406 g/mol. The minimum Gasteiger partial charge on any atom is -0.380 e. The zero-order valence-corrected chi connectivity index (χ0v) is 18.1. The van der Waals surface area contributed by atoms with E-state index in [4.69, 9.17) is 9.47 Å². The summed E-state index contributed by atoms with van der Waals surface area (Å²) in [4.78, 5) is 21.7. The molecule has 1 amide bonds. The fourth-order valence-corrected chi connectivity index (χ4v) is 4.29. The maximum absolute atomic E-state index is 12.7. The highest BCUT2D eigenvalue weighted by atomic mass is 16.5. The number of imidazole rings is 1. The third-order valence-corrected chi connectivity index (χ3v) is 6.11. The van der Waals surface area contributed by atoms with Crippen LogP contribution in [0.5, 0.6) is 0 Å².